The molecule has 0 bridgehead atoms. The summed E-state index contributed by atoms with van der Waals surface area (Å²) in [5.74, 6) is -0.00568. The van der Waals surface area contributed by atoms with Gasteiger partial charge < -0.3 is 9.64 Å². The molecule has 0 spiro atoms. The van der Waals surface area contributed by atoms with Crippen LogP contribution in [0.1, 0.15) is 22.8 Å². The molecular formula is C15H14ClN3O2. The van der Waals surface area contributed by atoms with Crippen molar-refractivity contribution in [2.45, 2.75) is 13.3 Å². The van der Waals surface area contributed by atoms with Crippen LogP contribution < -0.4 is 4.90 Å². The molecule has 0 unspecified atom stereocenters. The molecule has 2 aromatic rings. The Morgan fingerprint density at radius 2 is 2.24 bits per heavy atom. The van der Waals surface area contributed by atoms with Crippen LogP contribution in [0.2, 0.25) is 5.15 Å². The second-order valence-electron chi connectivity index (χ2n) is 4.63. The highest BCUT2D eigenvalue weighted by atomic mass is 35.5. The summed E-state index contributed by atoms with van der Waals surface area (Å²) in [5, 5.41) is 0.114. The zero-order valence-corrected chi connectivity index (χ0v) is 12.3. The van der Waals surface area contributed by atoms with Gasteiger partial charge in [-0.1, -0.05) is 29.8 Å². The maximum atomic E-state index is 11.7. The minimum atomic E-state index is -0.504. The number of aromatic nitrogens is 2. The maximum absolute atomic E-state index is 11.7. The number of nitrogens with zero attached hydrogens (tertiary/aromatic N) is 3. The van der Waals surface area contributed by atoms with Crippen molar-refractivity contribution in [1.82, 2.24) is 9.97 Å². The first-order valence-electron chi connectivity index (χ1n) is 6.76. The molecule has 1 aromatic heterocycles. The lowest BCUT2D eigenvalue weighted by molar-refractivity contribution is 0.0525. The van der Waals surface area contributed by atoms with E-state index in [4.69, 9.17) is 16.3 Å². The highest BCUT2D eigenvalue weighted by molar-refractivity contribution is 6.32. The smallest absolute Gasteiger partial charge is 0.342 e. The van der Waals surface area contributed by atoms with Crippen LogP contribution in [-0.4, -0.2) is 29.1 Å². The van der Waals surface area contributed by atoms with Gasteiger partial charge in [-0.25, -0.2) is 9.78 Å². The van der Waals surface area contributed by atoms with E-state index in [1.807, 2.05) is 23.1 Å². The van der Waals surface area contributed by atoms with Crippen LogP contribution in [0.3, 0.4) is 0 Å². The Balaban J connectivity index is 1.92. The molecule has 5 nitrogen and oxygen atoms in total. The summed E-state index contributed by atoms with van der Waals surface area (Å²) in [6.45, 7) is 2.83. The van der Waals surface area contributed by atoms with Crippen LogP contribution in [0.25, 0.3) is 0 Å². The van der Waals surface area contributed by atoms with E-state index in [0.29, 0.717) is 5.95 Å². The van der Waals surface area contributed by atoms with Gasteiger partial charge in [0.2, 0.25) is 5.95 Å². The van der Waals surface area contributed by atoms with Crippen molar-refractivity contribution in [2.24, 2.45) is 0 Å². The summed E-state index contributed by atoms with van der Waals surface area (Å²) >= 11 is 6.09. The van der Waals surface area contributed by atoms with Crippen LogP contribution >= 0.6 is 11.6 Å². The van der Waals surface area contributed by atoms with E-state index in [1.165, 1.54) is 11.8 Å². The zero-order valence-electron chi connectivity index (χ0n) is 11.5. The molecule has 0 fully saturated rings. The number of carbonyl (C=O) groups is 1. The summed E-state index contributed by atoms with van der Waals surface area (Å²) in [7, 11) is 0. The molecular weight excluding hydrogens is 290 g/mol. The summed E-state index contributed by atoms with van der Waals surface area (Å²) < 4.78 is 4.91. The fraction of sp³-hybridized carbons (Fsp3) is 0.267. The van der Waals surface area contributed by atoms with Crippen LogP contribution in [0.4, 0.5) is 11.6 Å². The lowest BCUT2D eigenvalue weighted by atomic mass is 10.2. The van der Waals surface area contributed by atoms with Gasteiger partial charge in [-0.3, -0.25) is 0 Å². The highest BCUT2D eigenvalue weighted by Crippen LogP contribution is 2.32. The standard InChI is InChI=1S/C15H14ClN3O2/c1-2-21-14(20)11-9-17-15(18-13(11)16)19-8-7-10-5-3-4-6-12(10)19/h3-6,9H,2,7-8H2,1H3. The van der Waals surface area contributed by atoms with Crippen molar-refractivity contribution in [3.05, 3.63) is 46.7 Å². The van der Waals surface area contributed by atoms with Gasteiger partial charge in [-0.2, -0.15) is 4.98 Å². The molecule has 108 valence electrons. The Morgan fingerprint density at radius 3 is 3.00 bits per heavy atom. The molecule has 6 heteroatoms. The van der Waals surface area contributed by atoms with E-state index in [1.54, 1.807) is 6.92 Å². The van der Waals surface area contributed by atoms with Crippen LogP contribution in [0.5, 0.6) is 0 Å². The number of benzene rings is 1. The number of hydrogen-bond acceptors (Lipinski definition) is 5. The lowest BCUT2D eigenvalue weighted by Gasteiger charge is -2.17. The second-order valence-corrected chi connectivity index (χ2v) is 4.98. The molecule has 0 atom stereocenters. The number of carbonyl (C=O) groups excluding carboxylic acids is 1. The number of halogens is 1. The quantitative estimate of drug-likeness (QED) is 0.644. The number of anilines is 2. The zero-order chi connectivity index (χ0) is 14.8. The molecule has 3 rings (SSSR count). The van der Waals surface area contributed by atoms with E-state index >= 15 is 0 Å². The average molecular weight is 304 g/mol. The van der Waals surface area contributed by atoms with Crippen molar-refractivity contribution in [1.29, 1.82) is 0 Å². The predicted molar refractivity (Wildman–Crippen MR) is 80.2 cm³/mol. The summed E-state index contributed by atoms with van der Waals surface area (Å²) in [6.07, 6.45) is 2.36. The van der Waals surface area contributed by atoms with Crippen molar-refractivity contribution >= 4 is 29.2 Å². The van der Waals surface area contributed by atoms with Crippen molar-refractivity contribution in [3.63, 3.8) is 0 Å². The lowest BCUT2D eigenvalue weighted by Crippen LogP contribution is -2.17. The van der Waals surface area contributed by atoms with Gasteiger partial charge in [0, 0.05) is 18.4 Å². The minimum absolute atomic E-state index is 0.114. The largest absolute Gasteiger partial charge is 0.462 e. The monoisotopic (exact) mass is 303 g/mol. The molecule has 0 N–H and O–H groups in total. The van der Waals surface area contributed by atoms with Gasteiger partial charge in [0.05, 0.1) is 6.61 Å². The summed E-state index contributed by atoms with van der Waals surface area (Å²) in [4.78, 5) is 22.2. The predicted octanol–water partition coefficient (Wildman–Crippen LogP) is 3.00. The number of para-hydroxylation sites is 1. The van der Waals surface area contributed by atoms with Gasteiger partial charge >= 0.3 is 5.97 Å². The fourth-order valence-corrected chi connectivity index (χ4v) is 2.58. The molecule has 0 amide bonds. The Morgan fingerprint density at radius 1 is 1.43 bits per heavy atom. The SMILES string of the molecule is CCOC(=O)c1cnc(N2CCc3ccccc32)nc1Cl. The molecule has 21 heavy (non-hydrogen) atoms. The van der Waals surface area contributed by atoms with Crippen molar-refractivity contribution < 1.29 is 9.53 Å². The Labute approximate surface area is 127 Å². The van der Waals surface area contributed by atoms with Gasteiger partial charge in [0.1, 0.15) is 10.7 Å². The normalized spacial score (nSPS) is 13.1. The Hall–Kier alpha value is -2.14. The van der Waals surface area contributed by atoms with Crippen molar-refractivity contribution in [2.75, 3.05) is 18.1 Å². The van der Waals surface area contributed by atoms with E-state index in [0.717, 1.165) is 18.7 Å². The average Bonchev–Trinajstić information content (AvgIpc) is 2.91. The van der Waals surface area contributed by atoms with Crippen LogP contribution in [0, 0.1) is 0 Å². The second kappa shape index (κ2) is 5.69. The van der Waals surface area contributed by atoms with Crippen LogP contribution in [0.15, 0.2) is 30.5 Å². The molecule has 0 radical (unpaired) electrons. The van der Waals surface area contributed by atoms with E-state index in [2.05, 4.69) is 16.0 Å². The number of hydrogen-bond donors (Lipinski definition) is 0. The first-order valence-corrected chi connectivity index (χ1v) is 7.13. The number of fused-ring (bicyclic) bond motifs is 1. The topological polar surface area (TPSA) is 55.3 Å². The molecule has 2 heterocycles. The molecule has 0 aliphatic carbocycles. The van der Waals surface area contributed by atoms with Gasteiger partial charge in [0.15, 0.2) is 0 Å². The summed E-state index contributed by atoms with van der Waals surface area (Å²) in [5.41, 5.74) is 2.53. The first kappa shape index (κ1) is 13.8. The van der Waals surface area contributed by atoms with E-state index in [-0.39, 0.29) is 17.3 Å². The Bertz CT molecular complexity index is 690. The number of rotatable bonds is 3. The van der Waals surface area contributed by atoms with E-state index in [9.17, 15) is 4.79 Å². The first-order chi connectivity index (χ1) is 10.2. The molecule has 1 aromatic carbocycles. The highest BCUT2D eigenvalue weighted by Gasteiger charge is 2.23. The van der Waals surface area contributed by atoms with Crippen molar-refractivity contribution in [3.8, 4) is 0 Å². The molecule has 1 aliphatic rings. The summed E-state index contributed by atoms with van der Waals surface area (Å²) in [6, 6.07) is 8.11. The van der Waals surface area contributed by atoms with Gasteiger partial charge in [-0.05, 0) is 25.0 Å². The number of ether oxygens (including phenoxy) is 1. The third-order valence-corrected chi connectivity index (χ3v) is 3.64. The Kier molecular flexibility index (Phi) is 3.75. The minimum Gasteiger partial charge on any atom is -0.462 e. The third-order valence-electron chi connectivity index (χ3n) is 3.35. The maximum Gasteiger partial charge on any atom is 0.342 e. The third kappa shape index (κ3) is 2.56. The van der Waals surface area contributed by atoms with Crippen LogP contribution in [-0.2, 0) is 11.2 Å². The van der Waals surface area contributed by atoms with E-state index < -0.39 is 5.97 Å². The van der Waals surface area contributed by atoms with Gasteiger partial charge in [0.25, 0.3) is 0 Å². The number of esters is 1. The fourth-order valence-electron chi connectivity index (χ4n) is 2.37. The molecule has 0 saturated heterocycles. The molecule has 1 aliphatic heterocycles. The van der Waals surface area contributed by atoms with Gasteiger partial charge in [-0.15, -0.1) is 0 Å². The molecule has 0 saturated carbocycles.